The van der Waals surface area contributed by atoms with Gasteiger partial charge in [0.2, 0.25) is 6.79 Å². The molecule has 2 aliphatic heterocycles. The molecule has 1 aromatic heterocycles. The van der Waals surface area contributed by atoms with Crippen molar-refractivity contribution in [1.82, 2.24) is 19.4 Å². The minimum Gasteiger partial charge on any atom is -0.454 e. The van der Waals surface area contributed by atoms with Gasteiger partial charge in [-0.1, -0.05) is 38.6 Å². The SMILES string of the molecule is O=C(c1snnc1-c1ccc(Br)cc1)N1CCN(Cc2ccc3c(c2)OCO3)CC1. The lowest BCUT2D eigenvalue weighted by molar-refractivity contribution is 0.0633. The molecule has 1 fully saturated rings. The van der Waals surface area contributed by atoms with Crippen LogP contribution in [0.3, 0.4) is 0 Å². The molecular weight excluding hydrogens is 468 g/mol. The minimum atomic E-state index is 0.00523. The fourth-order valence-corrected chi connectivity index (χ4v) is 4.60. The van der Waals surface area contributed by atoms with Crippen LogP contribution in [0.4, 0.5) is 0 Å². The van der Waals surface area contributed by atoms with E-state index in [9.17, 15) is 4.79 Å². The summed E-state index contributed by atoms with van der Waals surface area (Å²) >= 11 is 4.60. The number of amides is 1. The molecule has 5 rings (SSSR count). The van der Waals surface area contributed by atoms with Crippen LogP contribution in [0.2, 0.25) is 0 Å². The van der Waals surface area contributed by atoms with Crippen LogP contribution >= 0.6 is 27.5 Å². The monoisotopic (exact) mass is 486 g/mol. The van der Waals surface area contributed by atoms with E-state index < -0.39 is 0 Å². The molecule has 0 saturated carbocycles. The predicted molar refractivity (Wildman–Crippen MR) is 117 cm³/mol. The number of benzene rings is 2. The van der Waals surface area contributed by atoms with Gasteiger partial charge in [-0.25, -0.2) is 0 Å². The first-order chi connectivity index (χ1) is 14.7. The number of carbonyl (C=O) groups is 1. The largest absolute Gasteiger partial charge is 0.454 e. The molecule has 0 spiro atoms. The molecule has 0 N–H and O–H groups in total. The zero-order chi connectivity index (χ0) is 20.5. The van der Waals surface area contributed by atoms with E-state index in [1.54, 1.807) is 0 Å². The van der Waals surface area contributed by atoms with E-state index >= 15 is 0 Å². The van der Waals surface area contributed by atoms with Gasteiger partial charge in [-0.05, 0) is 41.4 Å². The highest BCUT2D eigenvalue weighted by molar-refractivity contribution is 9.10. The average Bonchev–Trinajstić information content (AvgIpc) is 3.44. The zero-order valence-electron chi connectivity index (χ0n) is 16.1. The molecule has 3 aromatic rings. The van der Waals surface area contributed by atoms with Crippen molar-refractivity contribution in [2.45, 2.75) is 6.54 Å². The molecule has 7 nitrogen and oxygen atoms in total. The third kappa shape index (κ3) is 3.92. The van der Waals surface area contributed by atoms with Gasteiger partial charge in [0.25, 0.3) is 5.91 Å². The fourth-order valence-electron chi connectivity index (χ4n) is 3.68. The van der Waals surface area contributed by atoms with Gasteiger partial charge in [0.15, 0.2) is 11.5 Å². The lowest BCUT2D eigenvalue weighted by Gasteiger charge is -2.34. The second kappa shape index (κ2) is 8.33. The normalized spacial score (nSPS) is 16.1. The summed E-state index contributed by atoms with van der Waals surface area (Å²) in [5.74, 6) is 1.61. The van der Waals surface area contributed by atoms with E-state index in [0.717, 1.165) is 52.7 Å². The van der Waals surface area contributed by atoms with Gasteiger partial charge in [-0.2, -0.15) is 0 Å². The maximum Gasteiger partial charge on any atom is 0.267 e. The summed E-state index contributed by atoms with van der Waals surface area (Å²) in [6.07, 6.45) is 0. The summed E-state index contributed by atoms with van der Waals surface area (Å²) in [7, 11) is 0. The molecule has 2 aliphatic rings. The average molecular weight is 487 g/mol. The predicted octanol–water partition coefficient (Wildman–Crippen LogP) is 3.65. The van der Waals surface area contributed by atoms with Gasteiger partial charge in [0, 0.05) is 42.8 Å². The van der Waals surface area contributed by atoms with Crippen molar-refractivity contribution in [2.75, 3.05) is 33.0 Å². The van der Waals surface area contributed by atoms with Crippen LogP contribution in [0, 0.1) is 0 Å². The van der Waals surface area contributed by atoms with Crippen LogP contribution in [0.15, 0.2) is 46.9 Å². The molecule has 154 valence electrons. The summed E-state index contributed by atoms with van der Waals surface area (Å²) < 4.78 is 15.9. The van der Waals surface area contributed by atoms with Gasteiger partial charge in [-0.15, -0.1) is 5.10 Å². The van der Waals surface area contributed by atoms with E-state index in [1.165, 1.54) is 5.56 Å². The van der Waals surface area contributed by atoms with Crippen LogP contribution < -0.4 is 9.47 Å². The summed E-state index contributed by atoms with van der Waals surface area (Å²) in [6, 6.07) is 13.8. The summed E-state index contributed by atoms with van der Waals surface area (Å²) in [5, 5.41) is 4.20. The second-order valence-electron chi connectivity index (χ2n) is 7.21. The molecule has 30 heavy (non-hydrogen) atoms. The zero-order valence-corrected chi connectivity index (χ0v) is 18.5. The fraction of sp³-hybridized carbons (Fsp3) is 0.286. The lowest BCUT2D eigenvalue weighted by Crippen LogP contribution is -2.48. The van der Waals surface area contributed by atoms with Crippen molar-refractivity contribution >= 4 is 33.4 Å². The maximum atomic E-state index is 13.1. The quantitative estimate of drug-likeness (QED) is 0.560. The number of halogens is 1. The van der Waals surface area contributed by atoms with E-state index in [2.05, 4.69) is 36.5 Å². The highest BCUT2D eigenvalue weighted by Crippen LogP contribution is 2.33. The minimum absolute atomic E-state index is 0.00523. The third-order valence-corrected chi connectivity index (χ3v) is 6.55. The maximum absolute atomic E-state index is 13.1. The first-order valence-corrected chi connectivity index (χ1v) is 11.2. The molecule has 1 amide bonds. The van der Waals surface area contributed by atoms with Gasteiger partial charge in [-0.3, -0.25) is 9.69 Å². The molecule has 9 heteroatoms. The van der Waals surface area contributed by atoms with Gasteiger partial charge < -0.3 is 14.4 Å². The topological polar surface area (TPSA) is 67.8 Å². The van der Waals surface area contributed by atoms with Crippen molar-refractivity contribution in [1.29, 1.82) is 0 Å². The standard InChI is InChI=1S/C21H19BrN4O3S/c22-16-4-2-15(3-5-16)19-20(30-24-23-19)21(27)26-9-7-25(8-10-26)12-14-1-6-17-18(11-14)29-13-28-17/h1-6,11H,7-10,12-13H2. The highest BCUT2D eigenvalue weighted by atomic mass is 79.9. The highest BCUT2D eigenvalue weighted by Gasteiger charge is 2.27. The summed E-state index contributed by atoms with van der Waals surface area (Å²) in [5.41, 5.74) is 2.74. The van der Waals surface area contributed by atoms with Crippen LogP contribution in [-0.4, -0.2) is 58.3 Å². The molecule has 0 aliphatic carbocycles. The molecular formula is C21H19BrN4O3S. The lowest BCUT2D eigenvalue weighted by atomic mass is 10.1. The number of fused-ring (bicyclic) bond motifs is 1. The summed E-state index contributed by atoms with van der Waals surface area (Å²) in [4.78, 5) is 18.0. The number of carbonyl (C=O) groups excluding carboxylic acids is 1. The first kappa shape index (κ1) is 19.5. The molecule has 0 atom stereocenters. The van der Waals surface area contributed by atoms with E-state index in [4.69, 9.17) is 9.47 Å². The number of aromatic nitrogens is 2. The Morgan fingerprint density at radius 2 is 1.80 bits per heavy atom. The Bertz CT molecular complexity index is 1060. The number of nitrogens with zero attached hydrogens (tertiary/aromatic N) is 4. The van der Waals surface area contributed by atoms with Gasteiger partial charge in [0.1, 0.15) is 10.6 Å². The smallest absolute Gasteiger partial charge is 0.267 e. The van der Waals surface area contributed by atoms with E-state index in [0.29, 0.717) is 23.7 Å². The molecule has 3 heterocycles. The Morgan fingerprint density at radius 1 is 1.03 bits per heavy atom. The Hall–Kier alpha value is -2.49. The Labute approximate surface area is 186 Å². The Morgan fingerprint density at radius 3 is 2.60 bits per heavy atom. The first-order valence-electron chi connectivity index (χ1n) is 9.66. The third-order valence-electron chi connectivity index (χ3n) is 5.30. The van der Waals surface area contributed by atoms with Crippen LogP contribution in [0.25, 0.3) is 11.3 Å². The Balaban J connectivity index is 1.22. The van der Waals surface area contributed by atoms with Crippen molar-refractivity contribution in [3.8, 4) is 22.8 Å². The van der Waals surface area contributed by atoms with Crippen molar-refractivity contribution in [3.05, 3.63) is 57.4 Å². The van der Waals surface area contributed by atoms with Crippen LogP contribution in [0.5, 0.6) is 11.5 Å². The number of hydrogen-bond donors (Lipinski definition) is 0. The number of rotatable bonds is 4. The molecule has 0 bridgehead atoms. The van der Waals surface area contributed by atoms with Crippen LogP contribution in [0.1, 0.15) is 15.2 Å². The second-order valence-corrected chi connectivity index (χ2v) is 8.88. The van der Waals surface area contributed by atoms with Gasteiger partial charge in [0.05, 0.1) is 0 Å². The number of ether oxygens (including phenoxy) is 2. The molecule has 0 unspecified atom stereocenters. The van der Waals surface area contributed by atoms with Crippen LogP contribution in [-0.2, 0) is 6.54 Å². The Kier molecular flexibility index (Phi) is 5.41. The molecule has 2 aromatic carbocycles. The van der Waals surface area contributed by atoms with Gasteiger partial charge >= 0.3 is 0 Å². The van der Waals surface area contributed by atoms with Crippen molar-refractivity contribution in [2.24, 2.45) is 0 Å². The number of piperazine rings is 1. The number of hydrogen-bond acceptors (Lipinski definition) is 7. The van der Waals surface area contributed by atoms with Crippen molar-refractivity contribution in [3.63, 3.8) is 0 Å². The van der Waals surface area contributed by atoms with E-state index in [1.807, 2.05) is 41.3 Å². The van der Waals surface area contributed by atoms with Crippen molar-refractivity contribution < 1.29 is 14.3 Å². The summed E-state index contributed by atoms with van der Waals surface area (Å²) in [6.45, 7) is 4.11. The molecule has 1 saturated heterocycles. The van der Waals surface area contributed by atoms with E-state index in [-0.39, 0.29) is 12.7 Å². The molecule has 0 radical (unpaired) electrons.